The predicted molar refractivity (Wildman–Crippen MR) is 141 cm³/mol. The lowest BCUT2D eigenvalue weighted by atomic mass is 10.1. The first kappa shape index (κ1) is 22.3. The number of aromatic nitrogens is 7. The summed E-state index contributed by atoms with van der Waals surface area (Å²) in [7, 11) is 0. The molecule has 0 radical (unpaired) electrons. The van der Waals surface area contributed by atoms with E-state index in [1.54, 1.807) is 6.08 Å². The van der Waals surface area contributed by atoms with Gasteiger partial charge in [0.2, 0.25) is 0 Å². The van der Waals surface area contributed by atoms with Gasteiger partial charge in [0.05, 0.1) is 34.8 Å². The average Bonchev–Trinajstić information content (AvgIpc) is 3.55. The number of aromatic amines is 2. The molecule has 0 atom stereocenters. The van der Waals surface area contributed by atoms with E-state index in [0.29, 0.717) is 11.7 Å². The molecule has 0 bridgehead atoms. The first-order chi connectivity index (χ1) is 16.9. The zero-order valence-electron chi connectivity index (χ0n) is 20.3. The molecule has 5 heterocycles. The molecule has 3 N–H and O–H groups in total. The Morgan fingerprint density at radius 3 is 2.66 bits per heavy atom. The Morgan fingerprint density at radius 2 is 1.91 bits per heavy atom. The van der Waals surface area contributed by atoms with Gasteiger partial charge in [-0.05, 0) is 52.0 Å². The second kappa shape index (κ2) is 9.06. The van der Waals surface area contributed by atoms with Crippen LogP contribution in [0.3, 0.4) is 0 Å². The van der Waals surface area contributed by atoms with Crippen LogP contribution in [0.5, 0.6) is 0 Å². The molecule has 0 fully saturated rings. The number of aryl methyl sites for hydroxylation is 2. The predicted octanol–water partition coefficient (Wildman–Crippen LogP) is 5.72. The molecule has 8 heteroatoms. The fourth-order valence-corrected chi connectivity index (χ4v) is 4.21. The number of rotatable bonds is 7. The van der Waals surface area contributed by atoms with Crippen molar-refractivity contribution in [2.45, 2.75) is 33.7 Å². The van der Waals surface area contributed by atoms with E-state index >= 15 is 0 Å². The van der Waals surface area contributed by atoms with Crippen LogP contribution in [-0.2, 0) is 0 Å². The summed E-state index contributed by atoms with van der Waals surface area (Å²) in [5.41, 5.74) is 9.45. The monoisotopic (exact) mass is 464 g/mol. The van der Waals surface area contributed by atoms with Crippen LogP contribution in [0.2, 0.25) is 0 Å². The molecule has 0 aliphatic carbocycles. The fourth-order valence-electron chi connectivity index (χ4n) is 4.21. The van der Waals surface area contributed by atoms with Gasteiger partial charge in [-0.2, -0.15) is 5.10 Å². The summed E-state index contributed by atoms with van der Waals surface area (Å²) in [4.78, 5) is 16.9. The van der Waals surface area contributed by atoms with Crippen LogP contribution in [0.4, 0.5) is 5.69 Å². The number of H-pyrrole nitrogens is 2. The molecule has 0 amide bonds. The van der Waals surface area contributed by atoms with Crippen LogP contribution in [0.1, 0.15) is 30.8 Å². The quantitative estimate of drug-likeness (QED) is 0.267. The fraction of sp³-hybridized carbons (Fsp3) is 0.185. The van der Waals surface area contributed by atoms with E-state index in [1.807, 2.05) is 48.7 Å². The van der Waals surface area contributed by atoms with Crippen molar-refractivity contribution in [1.29, 1.82) is 0 Å². The number of hydrogen-bond acceptors (Lipinski definition) is 5. The molecule has 5 rings (SSSR count). The first-order valence-corrected chi connectivity index (χ1v) is 11.5. The second-order valence-corrected chi connectivity index (χ2v) is 8.89. The lowest BCUT2D eigenvalue weighted by molar-refractivity contribution is 0.898. The Morgan fingerprint density at radius 1 is 1.09 bits per heavy atom. The van der Waals surface area contributed by atoms with Gasteiger partial charge < -0.3 is 14.9 Å². The topological polar surface area (TPSA) is 100 Å². The third kappa shape index (κ3) is 4.38. The molecule has 0 aromatic carbocycles. The Balaban J connectivity index is 1.56. The Hall–Kier alpha value is -4.46. The number of nitrogens with zero attached hydrogens (tertiary/aromatic N) is 5. The number of hydrogen-bond donors (Lipinski definition) is 3. The molecule has 0 unspecified atom stereocenters. The third-order valence-electron chi connectivity index (χ3n) is 5.76. The van der Waals surface area contributed by atoms with E-state index in [4.69, 9.17) is 0 Å². The highest BCUT2D eigenvalue weighted by atomic mass is 15.2. The van der Waals surface area contributed by atoms with Crippen molar-refractivity contribution in [3.8, 4) is 22.5 Å². The van der Waals surface area contributed by atoms with E-state index in [-0.39, 0.29) is 0 Å². The molecule has 0 spiro atoms. The highest BCUT2D eigenvalue weighted by Gasteiger charge is 2.17. The summed E-state index contributed by atoms with van der Waals surface area (Å²) in [6.07, 6.45) is 13.1. The van der Waals surface area contributed by atoms with Crippen molar-refractivity contribution in [2.75, 3.05) is 5.32 Å². The zero-order valence-corrected chi connectivity index (χ0v) is 20.3. The van der Waals surface area contributed by atoms with E-state index in [9.17, 15) is 0 Å². The largest absolute Gasteiger partial charge is 0.382 e. The standard InChI is InChI=1S/C27H28N8/c1-6-7-25(35-14-17(4)30-15-35)22-10-24(32-18(22)5)26-23-9-20(12-29-27(23)34-33-26)19-8-21(13-28-11-19)31-16(2)3/h6-16,31-32H,1H2,2-5H3,(H,29,33,34)/b25-7+. The molecule has 5 aromatic heterocycles. The summed E-state index contributed by atoms with van der Waals surface area (Å²) in [5, 5.41) is 11.9. The van der Waals surface area contributed by atoms with E-state index in [1.165, 1.54) is 0 Å². The van der Waals surface area contributed by atoms with Gasteiger partial charge >= 0.3 is 0 Å². The van der Waals surface area contributed by atoms with Crippen molar-refractivity contribution in [1.82, 2.24) is 34.7 Å². The van der Waals surface area contributed by atoms with E-state index in [2.05, 4.69) is 81.0 Å². The lowest BCUT2D eigenvalue weighted by Gasteiger charge is -2.10. The minimum absolute atomic E-state index is 0.324. The molecular weight excluding hydrogens is 436 g/mol. The highest BCUT2D eigenvalue weighted by molar-refractivity contribution is 5.93. The number of fused-ring (bicyclic) bond motifs is 1. The minimum atomic E-state index is 0.324. The van der Waals surface area contributed by atoms with Crippen molar-refractivity contribution >= 4 is 22.4 Å². The van der Waals surface area contributed by atoms with Crippen molar-refractivity contribution in [3.05, 3.63) is 85.0 Å². The number of nitrogens with one attached hydrogen (secondary N) is 3. The van der Waals surface area contributed by atoms with Gasteiger partial charge in [0.1, 0.15) is 0 Å². The zero-order chi connectivity index (χ0) is 24.5. The number of pyridine rings is 2. The van der Waals surface area contributed by atoms with Crippen LogP contribution < -0.4 is 5.32 Å². The summed E-state index contributed by atoms with van der Waals surface area (Å²) in [6, 6.07) is 6.64. The minimum Gasteiger partial charge on any atom is -0.382 e. The van der Waals surface area contributed by atoms with Crippen molar-refractivity contribution < 1.29 is 0 Å². The average molecular weight is 465 g/mol. The third-order valence-corrected chi connectivity index (χ3v) is 5.76. The number of imidazole rings is 1. The van der Waals surface area contributed by atoms with Gasteiger partial charge in [0.25, 0.3) is 0 Å². The molecule has 0 saturated carbocycles. The Kier molecular flexibility index (Phi) is 5.78. The van der Waals surface area contributed by atoms with Gasteiger partial charge in [-0.25, -0.2) is 9.97 Å². The normalized spacial score (nSPS) is 12.0. The Bertz CT molecular complexity index is 1550. The van der Waals surface area contributed by atoms with Crippen LogP contribution in [0, 0.1) is 13.8 Å². The molecule has 35 heavy (non-hydrogen) atoms. The summed E-state index contributed by atoms with van der Waals surface area (Å²) in [5.74, 6) is 0. The van der Waals surface area contributed by atoms with Crippen molar-refractivity contribution in [2.24, 2.45) is 0 Å². The molecule has 0 saturated heterocycles. The number of allylic oxidation sites excluding steroid dienone is 2. The summed E-state index contributed by atoms with van der Waals surface area (Å²) in [6.45, 7) is 12.1. The smallest absolute Gasteiger partial charge is 0.181 e. The summed E-state index contributed by atoms with van der Waals surface area (Å²) < 4.78 is 2.01. The van der Waals surface area contributed by atoms with Gasteiger partial charge in [-0.15, -0.1) is 0 Å². The molecule has 5 aromatic rings. The van der Waals surface area contributed by atoms with Crippen LogP contribution in [0.25, 0.3) is 39.2 Å². The lowest BCUT2D eigenvalue weighted by Crippen LogP contribution is -2.09. The van der Waals surface area contributed by atoms with E-state index in [0.717, 1.165) is 56.2 Å². The summed E-state index contributed by atoms with van der Waals surface area (Å²) >= 11 is 0. The SMILES string of the molecule is C=C/C=C(\c1cc(-c2[nH]nc3ncc(-c4cncc(NC(C)C)c4)cc23)[nH]c1C)n1cnc(C)c1. The van der Waals surface area contributed by atoms with Crippen LogP contribution in [0.15, 0.2) is 68.0 Å². The Labute approximate surface area is 203 Å². The number of anilines is 1. The second-order valence-electron chi connectivity index (χ2n) is 8.89. The van der Waals surface area contributed by atoms with Crippen LogP contribution >= 0.6 is 0 Å². The van der Waals surface area contributed by atoms with Crippen molar-refractivity contribution in [3.63, 3.8) is 0 Å². The van der Waals surface area contributed by atoms with Crippen LogP contribution in [-0.4, -0.2) is 40.7 Å². The van der Waals surface area contributed by atoms with Gasteiger partial charge in [-0.1, -0.05) is 12.7 Å². The van der Waals surface area contributed by atoms with E-state index < -0.39 is 0 Å². The maximum atomic E-state index is 4.60. The van der Waals surface area contributed by atoms with Gasteiger partial charge in [-0.3, -0.25) is 10.1 Å². The molecule has 176 valence electrons. The maximum Gasteiger partial charge on any atom is 0.181 e. The molecule has 0 aliphatic rings. The highest BCUT2D eigenvalue weighted by Crippen LogP contribution is 2.32. The molecular formula is C27H28N8. The molecule has 0 aliphatic heterocycles. The first-order valence-electron chi connectivity index (χ1n) is 11.5. The molecule has 8 nitrogen and oxygen atoms in total. The van der Waals surface area contributed by atoms with Gasteiger partial charge in [0.15, 0.2) is 5.65 Å². The van der Waals surface area contributed by atoms with Gasteiger partial charge in [0, 0.05) is 58.6 Å². The maximum absolute atomic E-state index is 4.60.